The molecule has 0 bridgehead atoms. The molecule has 0 amide bonds. The van der Waals surface area contributed by atoms with Crippen LogP contribution >= 0.6 is 23.1 Å². The maximum atomic E-state index is 5.83. The normalized spacial score (nSPS) is 11.3. The molecule has 8 heteroatoms. The third-order valence-corrected chi connectivity index (χ3v) is 5.77. The van der Waals surface area contributed by atoms with E-state index in [1.165, 1.54) is 11.8 Å². The van der Waals surface area contributed by atoms with E-state index in [4.69, 9.17) is 4.42 Å². The molecule has 0 aliphatic carbocycles. The molecule has 5 aromatic rings. The number of rotatable bonds is 5. The Hall–Kier alpha value is -2.97. The molecule has 0 fully saturated rings. The van der Waals surface area contributed by atoms with E-state index in [1.54, 1.807) is 17.5 Å². The molecule has 5 rings (SSSR count). The van der Waals surface area contributed by atoms with E-state index in [0.29, 0.717) is 16.9 Å². The number of aromatic nitrogens is 5. The first-order valence-corrected chi connectivity index (χ1v) is 10.1. The SMILES string of the molecule is c1ccc(-c2nc(CSc3nnc(-c4c[nH]c5ccccc45)o3)cs2)nc1. The quantitative estimate of drug-likeness (QED) is 0.423. The van der Waals surface area contributed by atoms with E-state index < -0.39 is 0 Å². The van der Waals surface area contributed by atoms with Crippen molar-refractivity contribution in [3.8, 4) is 22.2 Å². The van der Waals surface area contributed by atoms with Gasteiger partial charge in [-0.25, -0.2) is 4.98 Å². The molecule has 6 nitrogen and oxygen atoms in total. The Morgan fingerprint density at radius 2 is 2.00 bits per heavy atom. The minimum absolute atomic E-state index is 0.516. The number of nitrogens with zero attached hydrogens (tertiary/aromatic N) is 4. The fourth-order valence-corrected chi connectivity index (χ4v) is 4.30. The molecular formula is C19H13N5OS2. The van der Waals surface area contributed by atoms with Crippen LogP contribution in [0.25, 0.3) is 33.1 Å². The second kappa shape index (κ2) is 6.98. The summed E-state index contributed by atoms with van der Waals surface area (Å²) < 4.78 is 5.83. The molecule has 0 aliphatic heterocycles. The van der Waals surface area contributed by atoms with E-state index in [2.05, 4.69) is 25.1 Å². The fraction of sp³-hybridized carbons (Fsp3) is 0.0526. The van der Waals surface area contributed by atoms with Crippen LogP contribution in [0.1, 0.15) is 5.69 Å². The zero-order chi connectivity index (χ0) is 18.1. The standard InChI is InChI=1S/C19H13N5OS2/c1-2-6-15-13(5-1)14(9-21-15)17-23-24-19(25-17)27-11-12-10-26-18(22-12)16-7-3-4-8-20-16/h1-10,21H,11H2. The molecule has 132 valence electrons. The highest BCUT2D eigenvalue weighted by Gasteiger charge is 2.14. The van der Waals surface area contributed by atoms with Gasteiger partial charge in [-0.05, 0) is 18.2 Å². The van der Waals surface area contributed by atoms with Crippen molar-refractivity contribution in [2.75, 3.05) is 0 Å². The molecule has 4 aromatic heterocycles. The molecule has 27 heavy (non-hydrogen) atoms. The van der Waals surface area contributed by atoms with Crippen molar-refractivity contribution in [1.29, 1.82) is 0 Å². The lowest BCUT2D eigenvalue weighted by atomic mass is 10.2. The average Bonchev–Trinajstić information content (AvgIpc) is 3.46. The Bertz CT molecular complexity index is 1200. The van der Waals surface area contributed by atoms with Gasteiger partial charge >= 0.3 is 0 Å². The number of pyridine rings is 1. The zero-order valence-electron chi connectivity index (χ0n) is 14.0. The molecule has 1 aromatic carbocycles. The van der Waals surface area contributed by atoms with Crippen LogP contribution in [-0.2, 0) is 5.75 Å². The van der Waals surface area contributed by atoms with Crippen LogP contribution in [0, 0.1) is 0 Å². The first kappa shape index (κ1) is 16.2. The summed E-state index contributed by atoms with van der Waals surface area (Å²) in [6, 6.07) is 13.9. The summed E-state index contributed by atoms with van der Waals surface area (Å²) in [5.41, 5.74) is 3.82. The first-order chi connectivity index (χ1) is 13.4. The Kier molecular flexibility index (Phi) is 4.19. The summed E-state index contributed by atoms with van der Waals surface area (Å²) in [5.74, 6) is 1.18. The molecule has 0 atom stereocenters. The lowest BCUT2D eigenvalue weighted by molar-refractivity contribution is 0.466. The molecule has 1 N–H and O–H groups in total. The van der Waals surface area contributed by atoms with E-state index >= 15 is 0 Å². The number of thiazole rings is 1. The van der Waals surface area contributed by atoms with Crippen LogP contribution < -0.4 is 0 Å². The number of aromatic amines is 1. The van der Waals surface area contributed by atoms with Gasteiger partial charge in [-0.15, -0.1) is 21.5 Å². The monoisotopic (exact) mass is 391 g/mol. The Morgan fingerprint density at radius 1 is 1.07 bits per heavy atom. The van der Waals surface area contributed by atoms with E-state index in [9.17, 15) is 0 Å². The maximum Gasteiger partial charge on any atom is 0.277 e. The predicted octanol–water partition coefficient (Wildman–Crippen LogP) is 5.03. The highest BCUT2D eigenvalue weighted by Crippen LogP contribution is 2.31. The smallest absolute Gasteiger partial charge is 0.277 e. The number of fused-ring (bicyclic) bond motifs is 1. The summed E-state index contributed by atoms with van der Waals surface area (Å²) in [7, 11) is 0. The average molecular weight is 391 g/mol. The molecule has 0 saturated carbocycles. The summed E-state index contributed by atoms with van der Waals surface area (Å²) >= 11 is 3.06. The molecule has 0 radical (unpaired) electrons. The van der Waals surface area contributed by atoms with Gasteiger partial charge in [0.05, 0.1) is 17.0 Å². The van der Waals surface area contributed by atoms with Gasteiger partial charge in [-0.1, -0.05) is 36.0 Å². The molecule has 0 saturated heterocycles. The van der Waals surface area contributed by atoms with Crippen molar-refractivity contribution in [3.05, 3.63) is 65.9 Å². The summed E-state index contributed by atoms with van der Waals surface area (Å²) in [4.78, 5) is 12.2. The molecule has 0 spiro atoms. The van der Waals surface area contributed by atoms with Gasteiger partial charge in [0.15, 0.2) is 0 Å². The largest absolute Gasteiger partial charge is 0.411 e. The summed E-state index contributed by atoms with van der Waals surface area (Å²) in [6.45, 7) is 0. The van der Waals surface area contributed by atoms with Crippen molar-refractivity contribution >= 4 is 34.0 Å². The Morgan fingerprint density at radius 3 is 2.93 bits per heavy atom. The van der Waals surface area contributed by atoms with Crippen LogP contribution in [0.4, 0.5) is 0 Å². The molecule has 0 unspecified atom stereocenters. The van der Waals surface area contributed by atoms with Crippen LogP contribution in [0.3, 0.4) is 0 Å². The van der Waals surface area contributed by atoms with Crippen molar-refractivity contribution in [3.63, 3.8) is 0 Å². The Balaban J connectivity index is 1.31. The number of thioether (sulfide) groups is 1. The summed E-state index contributed by atoms with van der Waals surface area (Å²) in [6.07, 6.45) is 3.67. The molecular weight excluding hydrogens is 378 g/mol. The van der Waals surface area contributed by atoms with Gasteiger partial charge in [0.25, 0.3) is 11.1 Å². The third-order valence-electron chi connectivity index (χ3n) is 4.01. The number of hydrogen-bond donors (Lipinski definition) is 1. The zero-order valence-corrected chi connectivity index (χ0v) is 15.6. The first-order valence-electron chi connectivity index (χ1n) is 8.25. The van der Waals surface area contributed by atoms with Gasteiger partial charge in [0.1, 0.15) is 5.01 Å². The van der Waals surface area contributed by atoms with E-state index in [-0.39, 0.29) is 0 Å². The molecule has 0 aliphatic rings. The van der Waals surface area contributed by atoms with Crippen molar-refractivity contribution < 1.29 is 4.42 Å². The maximum absolute atomic E-state index is 5.83. The number of hydrogen-bond acceptors (Lipinski definition) is 7. The number of H-pyrrole nitrogens is 1. The minimum atomic E-state index is 0.516. The lowest BCUT2D eigenvalue weighted by Gasteiger charge is -1.94. The summed E-state index contributed by atoms with van der Waals surface area (Å²) in [5, 5.41) is 12.9. The van der Waals surface area contributed by atoms with Gasteiger partial charge in [-0.3, -0.25) is 4.98 Å². The number of nitrogens with one attached hydrogen (secondary N) is 1. The Labute approximate surface area is 162 Å². The van der Waals surface area contributed by atoms with Crippen molar-refractivity contribution in [2.24, 2.45) is 0 Å². The predicted molar refractivity (Wildman–Crippen MR) is 106 cm³/mol. The second-order valence-corrected chi connectivity index (χ2v) is 7.55. The van der Waals surface area contributed by atoms with Crippen LogP contribution in [0.15, 0.2) is 69.9 Å². The highest BCUT2D eigenvalue weighted by molar-refractivity contribution is 7.98. The van der Waals surface area contributed by atoms with E-state index in [0.717, 1.165) is 32.9 Å². The van der Waals surface area contributed by atoms with Gasteiger partial charge in [0.2, 0.25) is 0 Å². The van der Waals surface area contributed by atoms with Gasteiger partial charge in [-0.2, -0.15) is 0 Å². The van der Waals surface area contributed by atoms with Crippen molar-refractivity contribution in [1.82, 2.24) is 25.1 Å². The fourth-order valence-electron chi connectivity index (χ4n) is 2.74. The van der Waals surface area contributed by atoms with Gasteiger partial charge in [0, 0.05) is 34.4 Å². The van der Waals surface area contributed by atoms with Crippen LogP contribution in [0.5, 0.6) is 0 Å². The molecule has 4 heterocycles. The number of benzene rings is 1. The van der Waals surface area contributed by atoms with Gasteiger partial charge < -0.3 is 9.40 Å². The van der Waals surface area contributed by atoms with Crippen LogP contribution in [-0.4, -0.2) is 25.1 Å². The number of para-hydroxylation sites is 1. The second-order valence-electron chi connectivity index (χ2n) is 5.77. The lowest BCUT2D eigenvalue weighted by Crippen LogP contribution is -1.84. The highest BCUT2D eigenvalue weighted by atomic mass is 32.2. The minimum Gasteiger partial charge on any atom is -0.411 e. The van der Waals surface area contributed by atoms with Crippen LogP contribution in [0.2, 0.25) is 0 Å². The van der Waals surface area contributed by atoms with E-state index in [1.807, 2.05) is 54.0 Å². The third kappa shape index (κ3) is 3.24. The van der Waals surface area contributed by atoms with Crippen molar-refractivity contribution in [2.45, 2.75) is 11.0 Å². The topological polar surface area (TPSA) is 80.5 Å².